The molecule has 4 N–H and O–H groups in total. The van der Waals surface area contributed by atoms with Gasteiger partial charge >= 0.3 is 0 Å². The number of hydrogen-bond acceptors (Lipinski definition) is 4. The van der Waals surface area contributed by atoms with Crippen LogP contribution in [-0.2, 0) is 7.05 Å². The number of aromatic nitrogens is 2. The molecule has 1 fully saturated rings. The number of aliphatic hydroxyl groups excluding tert-OH is 1. The molecule has 0 bridgehead atoms. The first-order chi connectivity index (χ1) is 10.6. The summed E-state index contributed by atoms with van der Waals surface area (Å²) in [4.78, 5) is 16.0. The Morgan fingerprint density at radius 2 is 2.18 bits per heavy atom. The Kier molecular flexibility index (Phi) is 4.02. The number of nitrogens with zero attached hydrogens (tertiary/aromatic N) is 2. The van der Waals surface area contributed by atoms with E-state index in [0.29, 0.717) is 17.5 Å². The van der Waals surface area contributed by atoms with Crippen LogP contribution in [0, 0.1) is 5.92 Å². The molecule has 2 aromatic rings. The zero-order valence-electron chi connectivity index (χ0n) is 12.7. The van der Waals surface area contributed by atoms with E-state index in [1.807, 2.05) is 23.9 Å². The predicted molar refractivity (Wildman–Crippen MR) is 85.7 cm³/mol. The van der Waals surface area contributed by atoms with E-state index in [1.54, 1.807) is 6.20 Å². The molecule has 0 radical (unpaired) electrons. The third kappa shape index (κ3) is 2.66. The van der Waals surface area contributed by atoms with Gasteiger partial charge in [-0.1, -0.05) is 0 Å². The highest BCUT2D eigenvalue weighted by molar-refractivity contribution is 6.06. The molecule has 0 aliphatic heterocycles. The summed E-state index contributed by atoms with van der Waals surface area (Å²) in [6.45, 7) is 0.261. The van der Waals surface area contributed by atoms with E-state index >= 15 is 0 Å². The van der Waals surface area contributed by atoms with E-state index in [9.17, 15) is 9.90 Å². The first-order valence-electron chi connectivity index (χ1n) is 7.71. The molecule has 6 heteroatoms. The molecule has 0 unspecified atom stereocenters. The monoisotopic (exact) mass is 302 g/mol. The first kappa shape index (κ1) is 14.8. The minimum Gasteiger partial charge on any atom is -0.396 e. The maximum Gasteiger partial charge on any atom is 0.252 e. The minimum absolute atomic E-state index is 0.261. The van der Waals surface area contributed by atoms with Crippen molar-refractivity contribution in [2.45, 2.75) is 31.7 Å². The van der Waals surface area contributed by atoms with E-state index in [0.717, 1.165) is 42.4 Å². The van der Waals surface area contributed by atoms with Gasteiger partial charge in [-0.2, -0.15) is 0 Å². The number of carbonyl (C=O) groups excluding carboxylic acids is 1. The lowest BCUT2D eigenvalue weighted by molar-refractivity contribution is 0.100. The lowest BCUT2D eigenvalue weighted by Gasteiger charge is -2.29. The second kappa shape index (κ2) is 5.96. The summed E-state index contributed by atoms with van der Waals surface area (Å²) in [7, 11) is 1.93. The Bertz CT molecular complexity index is 687. The number of amides is 1. The van der Waals surface area contributed by atoms with Crippen LogP contribution in [0.2, 0.25) is 0 Å². The standard InChI is InChI=1S/C16H22N4O2/c1-20-7-6-12-14(13(15(17)22)8-18-16(12)20)19-11-4-2-10(9-21)3-5-11/h6-8,10-11,21H,2-5,9H2,1H3,(H2,17,22)(H,18,19)/t10-,11-. The highest BCUT2D eigenvalue weighted by Crippen LogP contribution is 2.31. The summed E-state index contributed by atoms with van der Waals surface area (Å²) in [5, 5.41) is 13.7. The van der Waals surface area contributed by atoms with Crippen molar-refractivity contribution in [3.63, 3.8) is 0 Å². The van der Waals surface area contributed by atoms with Gasteiger partial charge in [0, 0.05) is 37.5 Å². The Labute approximate surface area is 129 Å². The Morgan fingerprint density at radius 3 is 2.82 bits per heavy atom. The van der Waals surface area contributed by atoms with E-state index in [-0.39, 0.29) is 6.61 Å². The molecule has 1 saturated carbocycles. The number of aryl methyl sites for hydroxylation is 1. The van der Waals surface area contributed by atoms with Gasteiger partial charge in [0.2, 0.25) is 0 Å². The smallest absolute Gasteiger partial charge is 0.252 e. The SMILES string of the molecule is Cn1ccc2c(N[C@H]3CC[C@H](CO)CC3)c(C(N)=O)cnc21. The largest absolute Gasteiger partial charge is 0.396 e. The van der Waals surface area contributed by atoms with Gasteiger partial charge in [0.05, 0.1) is 11.3 Å². The number of nitrogens with two attached hydrogens (primary N) is 1. The summed E-state index contributed by atoms with van der Waals surface area (Å²) in [6, 6.07) is 2.25. The second-order valence-corrected chi connectivity index (χ2v) is 6.12. The van der Waals surface area contributed by atoms with Crippen LogP contribution in [0.1, 0.15) is 36.0 Å². The van der Waals surface area contributed by atoms with Gasteiger partial charge in [-0.3, -0.25) is 4.79 Å². The van der Waals surface area contributed by atoms with Gasteiger partial charge in [0.15, 0.2) is 0 Å². The fourth-order valence-corrected chi connectivity index (χ4v) is 3.25. The van der Waals surface area contributed by atoms with Crippen molar-refractivity contribution in [1.82, 2.24) is 9.55 Å². The molecule has 0 spiro atoms. The molecular weight excluding hydrogens is 280 g/mol. The molecule has 1 aliphatic carbocycles. The van der Waals surface area contributed by atoms with Crippen molar-refractivity contribution in [2.75, 3.05) is 11.9 Å². The van der Waals surface area contributed by atoms with Crippen LogP contribution in [0.5, 0.6) is 0 Å². The van der Waals surface area contributed by atoms with Crippen molar-refractivity contribution in [1.29, 1.82) is 0 Å². The van der Waals surface area contributed by atoms with Crippen LogP contribution in [0.25, 0.3) is 11.0 Å². The summed E-state index contributed by atoms with van der Waals surface area (Å²) in [5.41, 5.74) is 7.55. The van der Waals surface area contributed by atoms with E-state index in [2.05, 4.69) is 10.3 Å². The maximum absolute atomic E-state index is 11.7. The normalized spacial score (nSPS) is 21.9. The fraction of sp³-hybridized carbons (Fsp3) is 0.500. The van der Waals surface area contributed by atoms with Gasteiger partial charge in [-0.05, 0) is 37.7 Å². The summed E-state index contributed by atoms with van der Waals surface area (Å²) in [5.74, 6) is -0.0624. The highest BCUT2D eigenvalue weighted by atomic mass is 16.3. The third-order valence-electron chi connectivity index (χ3n) is 4.61. The molecular formula is C16H22N4O2. The average Bonchev–Trinajstić information content (AvgIpc) is 2.90. The van der Waals surface area contributed by atoms with Gasteiger partial charge in [-0.25, -0.2) is 4.98 Å². The lowest BCUT2D eigenvalue weighted by atomic mass is 9.86. The molecule has 0 aromatic carbocycles. The number of rotatable bonds is 4. The minimum atomic E-state index is -0.468. The molecule has 0 saturated heterocycles. The van der Waals surface area contributed by atoms with Gasteiger partial charge < -0.3 is 20.7 Å². The maximum atomic E-state index is 11.7. The molecule has 6 nitrogen and oxygen atoms in total. The predicted octanol–water partition coefficient (Wildman–Crippen LogP) is 1.64. The number of carbonyl (C=O) groups is 1. The summed E-state index contributed by atoms with van der Waals surface area (Å²) < 4.78 is 1.92. The Hall–Kier alpha value is -2.08. The molecule has 0 atom stereocenters. The average molecular weight is 302 g/mol. The van der Waals surface area contributed by atoms with Crippen LogP contribution in [-0.4, -0.2) is 33.2 Å². The molecule has 22 heavy (non-hydrogen) atoms. The summed E-state index contributed by atoms with van der Waals surface area (Å²) >= 11 is 0. The number of pyridine rings is 1. The van der Waals surface area contributed by atoms with Gasteiger partial charge in [-0.15, -0.1) is 0 Å². The van der Waals surface area contributed by atoms with Crippen molar-refractivity contribution in [3.05, 3.63) is 24.0 Å². The number of hydrogen-bond donors (Lipinski definition) is 3. The molecule has 1 aliphatic rings. The van der Waals surface area contributed by atoms with E-state index < -0.39 is 5.91 Å². The van der Waals surface area contributed by atoms with Crippen LogP contribution in [0.3, 0.4) is 0 Å². The number of fused-ring (bicyclic) bond motifs is 1. The van der Waals surface area contributed by atoms with Crippen molar-refractivity contribution in [3.8, 4) is 0 Å². The van der Waals surface area contributed by atoms with Crippen LogP contribution >= 0.6 is 0 Å². The lowest BCUT2D eigenvalue weighted by Crippen LogP contribution is -2.28. The number of primary amides is 1. The molecule has 1 amide bonds. The number of anilines is 1. The first-order valence-corrected chi connectivity index (χ1v) is 7.71. The van der Waals surface area contributed by atoms with E-state index in [1.165, 1.54) is 0 Å². The fourth-order valence-electron chi connectivity index (χ4n) is 3.25. The Balaban J connectivity index is 1.91. The van der Waals surface area contributed by atoms with Crippen LogP contribution < -0.4 is 11.1 Å². The van der Waals surface area contributed by atoms with Gasteiger partial charge in [0.1, 0.15) is 5.65 Å². The second-order valence-electron chi connectivity index (χ2n) is 6.12. The van der Waals surface area contributed by atoms with E-state index in [4.69, 9.17) is 5.73 Å². The van der Waals surface area contributed by atoms with Crippen LogP contribution in [0.4, 0.5) is 5.69 Å². The van der Waals surface area contributed by atoms with Gasteiger partial charge in [0.25, 0.3) is 5.91 Å². The van der Waals surface area contributed by atoms with Crippen molar-refractivity contribution in [2.24, 2.45) is 18.7 Å². The third-order valence-corrected chi connectivity index (χ3v) is 4.61. The van der Waals surface area contributed by atoms with Crippen LogP contribution in [0.15, 0.2) is 18.5 Å². The number of nitrogens with one attached hydrogen (secondary N) is 1. The van der Waals surface area contributed by atoms with Crippen molar-refractivity contribution < 1.29 is 9.90 Å². The zero-order chi connectivity index (χ0) is 15.7. The van der Waals surface area contributed by atoms with Crippen molar-refractivity contribution >= 4 is 22.6 Å². The molecule has 2 heterocycles. The number of aliphatic hydroxyl groups is 1. The molecule has 3 rings (SSSR count). The quantitative estimate of drug-likeness (QED) is 0.800. The molecule has 2 aromatic heterocycles. The zero-order valence-corrected chi connectivity index (χ0v) is 12.7. The molecule has 118 valence electrons. The topological polar surface area (TPSA) is 93.2 Å². The summed E-state index contributed by atoms with van der Waals surface area (Å²) in [6.07, 6.45) is 7.45. The highest BCUT2D eigenvalue weighted by Gasteiger charge is 2.23. The Morgan fingerprint density at radius 1 is 1.45 bits per heavy atom.